The third-order valence-corrected chi connectivity index (χ3v) is 6.39. The Morgan fingerprint density at radius 3 is 2.67 bits per heavy atom. The molecule has 1 saturated heterocycles. The van der Waals surface area contributed by atoms with Crippen LogP contribution in [0.3, 0.4) is 0 Å². The molecule has 0 unspecified atom stereocenters. The van der Waals surface area contributed by atoms with Gasteiger partial charge >= 0.3 is 0 Å². The summed E-state index contributed by atoms with van der Waals surface area (Å²) >= 11 is 6.19. The Hall–Kier alpha value is -2.12. The SMILES string of the molecule is COCCN(CC(=O)N1CC(=O)N(c2cccc(Cl)c2C)C1)C(=O)C1CCCCC1. The van der Waals surface area contributed by atoms with Crippen molar-refractivity contribution in [2.75, 3.05) is 44.9 Å². The van der Waals surface area contributed by atoms with Gasteiger partial charge in [-0.3, -0.25) is 19.3 Å². The van der Waals surface area contributed by atoms with E-state index in [0.717, 1.165) is 37.7 Å². The summed E-state index contributed by atoms with van der Waals surface area (Å²) in [7, 11) is 1.58. The Morgan fingerprint density at radius 1 is 1.23 bits per heavy atom. The van der Waals surface area contributed by atoms with Crippen LogP contribution in [0.4, 0.5) is 5.69 Å². The molecule has 7 nitrogen and oxygen atoms in total. The molecule has 0 spiro atoms. The molecule has 1 aromatic rings. The number of ether oxygens (including phenoxy) is 1. The Labute approximate surface area is 182 Å². The van der Waals surface area contributed by atoms with Crippen molar-refractivity contribution in [1.82, 2.24) is 9.80 Å². The summed E-state index contributed by atoms with van der Waals surface area (Å²) < 4.78 is 5.14. The average molecular weight is 436 g/mol. The van der Waals surface area contributed by atoms with Gasteiger partial charge in [0.05, 0.1) is 13.2 Å². The average Bonchev–Trinajstić information content (AvgIpc) is 3.14. The molecule has 1 saturated carbocycles. The molecule has 1 heterocycles. The zero-order valence-electron chi connectivity index (χ0n) is 17.7. The number of halogens is 1. The van der Waals surface area contributed by atoms with Crippen LogP contribution in [0, 0.1) is 12.8 Å². The van der Waals surface area contributed by atoms with Gasteiger partial charge in [-0.05, 0) is 37.5 Å². The molecule has 30 heavy (non-hydrogen) atoms. The second kappa shape index (κ2) is 10.3. The minimum atomic E-state index is -0.231. The highest BCUT2D eigenvalue weighted by molar-refractivity contribution is 6.31. The summed E-state index contributed by atoms with van der Waals surface area (Å²) in [6.07, 6.45) is 5.02. The summed E-state index contributed by atoms with van der Waals surface area (Å²) in [4.78, 5) is 43.2. The zero-order valence-corrected chi connectivity index (χ0v) is 18.5. The van der Waals surface area contributed by atoms with E-state index in [1.807, 2.05) is 13.0 Å². The van der Waals surface area contributed by atoms with Crippen LogP contribution >= 0.6 is 11.6 Å². The number of amides is 3. The first-order valence-electron chi connectivity index (χ1n) is 10.5. The third kappa shape index (κ3) is 5.13. The van der Waals surface area contributed by atoms with Crippen LogP contribution in [0.5, 0.6) is 0 Å². The predicted octanol–water partition coefficient (Wildman–Crippen LogP) is 2.84. The number of hydrogen-bond donors (Lipinski definition) is 0. The summed E-state index contributed by atoms with van der Waals surface area (Å²) in [5.74, 6) is -0.385. The predicted molar refractivity (Wildman–Crippen MR) is 115 cm³/mol. The van der Waals surface area contributed by atoms with Gasteiger partial charge in [0.2, 0.25) is 17.7 Å². The Morgan fingerprint density at radius 2 is 1.97 bits per heavy atom. The molecule has 0 bridgehead atoms. The quantitative estimate of drug-likeness (QED) is 0.660. The maximum Gasteiger partial charge on any atom is 0.248 e. The minimum Gasteiger partial charge on any atom is -0.383 e. The maximum atomic E-state index is 13.0. The van der Waals surface area contributed by atoms with Gasteiger partial charge in [0, 0.05) is 30.3 Å². The van der Waals surface area contributed by atoms with Crippen molar-refractivity contribution in [3.8, 4) is 0 Å². The van der Waals surface area contributed by atoms with E-state index in [4.69, 9.17) is 16.3 Å². The van der Waals surface area contributed by atoms with E-state index >= 15 is 0 Å². The van der Waals surface area contributed by atoms with Gasteiger partial charge in [0.1, 0.15) is 13.2 Å². The van der Waals surface area contributed by atoms with E-state index < -0.39 is 0 Å². The number of carbonyl (C=O) groups is 3. The molecule has 164 valence electrons. The summed E-state index contributed by atoms with van der Waals surface area (Å²) in [5, 5.41) is 0.578. The van der Waals surface area contributed by atoms with Gasteiger partial charge in [0.25, 0.3) is 0 Å². The first kappa shape index (κ1) is 22.6. The van der Waals surface area contributed by atoms with E-state index in [-0.39, 0.29) is 43.4 Å². The molecular formula is C22H30ClN3O4. The molecule has 3 amide bonds. The molecule has 8 heteroatoms. The van der Waals surface area contributed by atoms with Crippen LogP contribution in [-0.4, -0.2) is 67.5 Å². The zero-order chi connectivity index (χ0) is 21.7. The van der Waals surface area contributed by atoms with Crippen molar-refractivity contribution < 1.29 is 19.1 Å². The number of methoxy groups -OCH3 is 1. The monoisotopic (exact) mass is 435 g/mol. The van der Waals surface area contributed by atoms with Crippen molar-refractivity contribution in [3.05, 3.63) is 28.8 Å². The van der Waals surface area contributed by atoms with E-state index in [0.29, 0.717) is 23.9 Å². The maximum absolute atomic E-state index is 13.0. The van der Waals surface area contributed by atoms with Crippen LogP contribution in [0.25, 0.3) is 0 Å². The second-order valence-electron chi connectivity index (χ2n) is 8.03. The standard InChI is InChI=1S/C22H30ClN3O4/c1-16-18(23)9-6-10-19(16)26-15-25(14-21(26)28)20(27)13-24(11-12-30-2)22(29)17-7-4-3-5-8-17/h6,9-10,17H,3-5,7-8,11-15H2,1-2H3. The topological polar surface area (TPSA) is 70.2 Å². The highest BCUT2D eigenvalue weighted by atomic mass is 35.5. The number of anilines is 1. The van der Waals surface area contributed by atoms with Crippen LogP contribution < -0.4 is 4.90 Å². The van der Waals surface area contributed by atoms with Gasteiger partial charge in [-0.1, -0.05) is 36.9 Å². The smallest absolute Gasteiger partial charge is 0.248 e. The molecule has 0 radical (unpaired) electrons. The lowest BCUT2D eigenvalue weighted by atomic mass is 9.88. The van der Waals surface area contributed by atoms with Gasteiger partial charge in [-0.2, -0.15) is 0 Å². The van der Waals surface area contributed by atoms with Gasteiger partial charge < -0.3 is 14.5 Å². The fourth-order valence-electron chi connectivity index (χ4n) is 4.15. The lowest BCUT2D eigenvalue weighted by Gasteiger charge is -2.30. The van der Waals surface area contributed by atoms with E-state index in [1.165, 1.54) is 4.90 Å². The van der Waals surface area contributed by atoms with Crippen molar-refractivity contribution in [2.24, 2.45) is 5.92 Å². The van der Waals surface area contributed by atoms with E-state index in [1.54, 1.807) is 29.0 Å². The molecule has 1 aromatic carbocycles. The number of carbonyl (C=O) groups excluding carboxylic acids is 3. The number of nitrogens with zero attached hydrogens (tertiary/aromatic N) is 3. The Kier molecular flexibility index (Phi) is 7.72. The van der Waals surface area contributed by atoms with Crippen molar-refractivity contribution >= 4 is 35.0 Å². The largest absolute Gasteiger partial charge is 0.383 e. The van der Waals surface area contributed by atoms with E-state index in [2.05, 4.69) is 0 Å². The normalized spacial score (nSPS) is 17.5. The molecule has 2 fully saturated rings. The summed E-state index contributed by atoms with van der Waals surface area (Å²) in [6, 6.07) is 5.39. The Balaban J connectivity index is 1.67. The third-order valence-electron chi connectivity index (χ3n) is 5.98. The molecular weight excluding hydrogens is 406 g/mol. The lowest BCUT2D eigenvalue weighted by molar-refractivity contribution is -0.144. The number of hydrogen-bond acceptors (Lipinski definition) is 4. The minimum absolute atomic E-state index is 0.000519. The van der Waals surface area contributed by atoms with Crippen molar-refractivity contribution in [3.63, 3.8) is 0 Å². The van der Waals surface area contributed by atoms with Gasteiger partial charge in [-0.25, -0.2) is 0 Å². The number of rotatable bonds is 7. The fourth-order valence-corrected chi connectivity index (χ4v) is 4.32. The number of benzene rings is 1. The highest BCUT2D eigenvalue weighted by Crippen LogP contribution is 2.29. The molecule has 0 N–H and O–H groups in total. The molecule has 1 aliphatic carbocycles. The van der Waals surface area contributed by atoms with Gasteiger partial charge in [0.15, 0.2) is 0 Å². The van der Waals surface area contributed by atoms with Crippen molar-refractivity contribution in [2.45, 2.75) is 39.0 Å². The second-order valence-corrected chi connectivity index (χ2v) is 8.43. The first-order valence-corrected chi connectivity index (χ1v) is 10.9. The highest BCUT2D eigenvalue weighted by Gasteiger charge is 2.34. The fraction of sp³-hybridized carbons (Fsp3) is 0.591. The van der Waals surface area contributed by atoms with Crippen LogP contribution in [0.1, 0.15) is 37.7 Å². The van der Waals surface area contributed by atoms with Crippen LogP contribution in [0.15, 0.2) is 18.2 Å². The van der Waals surface area contributed by atoms with E-state index in [9.17, 15) is 14.4 Å². The molecule has 0 atom stereocenters. The summed E-state index contributed by atoms with van der Waals surface area (Å²) in [5.41, 5.74) is 1.51. The molecule has 2 aliphatic rings. The first-order chi connectivity index (χ1) is 14.4. The van der Waals surface area contributed by atoms with Crippen LogP contribution in [0.2, 0.25) is 5.02 Å². The summed E-state index contributed by atoms with van der Waals surface area (Å²) in [6.45, 7) is 2.73. The van der Waals surface area contributed by atoms with Crippen LogP contribution in [-0.2, 0) is 19.1 Å². The molecule has 1 aliphatic heterocycles. The van der Waals surface area contributed by atoms with Crippen molar-refractivity contribution in [1.29, 1.82) is 0 Å². The lowest BCUT2D eigenvalue weighted by Crippen LogP contribution is -2.46. The Bertz CT molecular complexity index is 795. The molecule has 0 aromatic heterocycles. The molecule has 3 rings (SSSR count). The van der Waals surface area contributed by atoms with Gasteiger partial charge in [-0.15, -0.1) is 0 Å².